The van der Waals surface area contributed by atoms with Gasteiger partial charge in [0.2, 0.25) is 0 Å². The number of rotatable bonds is 18. The number of amides is 1. The predicted molar refractivity (Wildman–Crippen MR) is 176 cm³/mol. The lowest BCUT2D eigenvalue weighted by Crippen LogP contribution is -2.65. The lowest BCUT2D eigenvalue weighted by Gasteiger charge is -2.46. The topological polar surface area (TPSA) is 188 Å². The third-order valence-corrected chi connectivity index (χ3v) is 7.40. The highest BCUT2D eigenvalue weighted by molar-refractivity contribution is 5.78. The van der Waals surface area contributed by atoms with Crippen molar-refractivity contribution in [3.05, 3.63) is 71.8 Å². The molecular formula is C36H45NO14. The number of esters is 5. The van der Waals surface area contributed by atoms with E-state index in [4.69, 9.17) is 37.9 Å². The molecule has 0 aliphatic carbocycles. The number of carbonyl (C=O) groups is 6. The first kappa shape index (κ1) is 40.4. The average molecular weight is 716 g/mol. The standard InChI is InChI=1S/C36H45NO14/c1-24(38)44-23-31(49-26(3)40)33-32(50-27(4)41)30(48-25(2)39)20-36(51-33,34(42)45-21-28-14-8-5-9-15-28)47-19-13-7-12-18-37-35(43)46-22-29-16-10-6-11-17-29/h5-6,8-11,14-17,30-33H,7,12-13,18-23H2,1-4H3,(H,37,43)/t30-,31?,32+,33-,36+/m1/s1. The maximum atomic E-state index is 13.9. The first-order chi connectivity index (χ1) is 24.4. The van der Waals surface area contributed by atoms with Crippen LogP contribution in [0.15, 0.2) is 60.7 Å². The van der Waals surface area contributed by atoms with E-state index >= 15 is 0 Å². The fraction of sp³-hybridized carbons (Fsp3) is 0.500. The average Bonchev–Trinajstić information content (AvgIpc) is 3.09. The number of ether oxygens (including phenoxy) is 8. The lowest BCUT2D eigenvalue weighted by molar-refractivity contribution is -0.328. The van der Waals surface area contributed by atoms with Gasteiger partial charge in [-0.05, 0) is 30.4 Å². The molecule has 1 amide bonds. The first-order valence-corrected chi connectivity index (χ1v) is 16.5. The van der Waals surface area contributed by atoms with E-state index in [0.29, 0.717) is 31.4 Å². The van der Waals surface area contributed by atoms with Crippen LogP contribution in [0.3, 0.4) is 0 Å². The van der Waals surface area contributed by atoms with Crippen LogP contribution in [-0.4, -0.2) is 85.9 Å². The summed E-state index contributed by atoms with van der Waals surface area (Å²) in [5.74, 6) is -6.34. The Morgan fingerprint density at radius 2 is 1.35 bits per heavy atom. The van der Waals surface area contributed by atoms with Gasteiger partial charge in [-0.25, -0.2) is 9.59 Å². The van der Waals surface area contributed by atoms with Crippen LogP contribution in [0, 0.1) is 0 Å². The summed E-state index contributed by atoms with van der Waals surface area (Å²) in [5.41, 5.74) is 1.51. The molecule has 1 aliphatic rings. The van der Waals surface area contributed by atoms with E-state index in [1.807, 2.05) is 30.3 Å². The summed E-state index contributed by atoms with van der Waals surface area (Å²) < 4.78 is 44.8. The molecule has 3 rings (SSSR count). The smallest absolute Gasteiger partial charge is 0.407 e. The van der Waals surface area contributed by atoms with Gasteiger partial charge in [-0.1, -0.05) is 60.7 Å². The molecule has 1 fully saturated rings. The van der Waals surface area contributed by atoms with Gasteiger partial charge in [-0.3, -0.25) is 19.2 Å². The van der Waals surface area contributed by atoms with E-state index in [9.17, 15) is 28.8 Å². The summed E-state index contributed by atoms with van der Waals surface area (Å²) in [7, 11) is 0. The molecule has 51 heavy (non-hydrogen) atoms. The summed E-state index contributed by atoms with van der Waals surface area (Å²) >= 11 is 0. The van der Waals surface area contributed by atoms with Gasteiger partial charge in [0.05, 0.1) is 13.0 Å². The van der Waals surface area contributed by atoms with Gasteiger partial charge in [0.25, 0.3) is 5.79 Å². The second-order valence-corrected chi connectivity index (χ2v) is 11.7. The molecule has 0 spiro atoms. The highest BCUT2D eigenvalue weighted by Gasteiger charge is 2.59. The molecule has 5 atom stereocenters. The maximum Gasteiger partial charge on any atom is 0.407 e. The molecule has 1 heterocycles. The van der Waals surface area contributed by atoms with E-state index in [1.54, 1.807) is 30.3 Å². The SMILES string of the molecule is CC(=O)OCC(OC(C)=O)[C@H]1O[C@](OCCCCCNC(=O)OCc2ccccc2)(C(=O)OCc2ccccc2)C[C@@H](OC(C)=O)[C@@H]1OC(C)=O. The molecule has 15 heteroatoms. The van der Waals surface area contributed by atoms with Gasteiger partial charge in [-0.15, -0.1) is 0 Å². The Labute approximate surface area is 296 Å². The molecule has 0 saturated carbocycles. The molecule has 1 N–H and O–H groups in total. The minimum atomic E-state index is -2.26. The number of unbranched alkanes of at least 4 members (excludes halogenated alkanes) is 2. The number of alkyl carbamates (subject to hydrolysis) is 1. The zero-order valence-electron chi connectivity index (χ0n) is 29.2. The van der Waals surface area contributed by atoms with Gasteiger partial charge < -0.3 is 43.2 Å². The molecule has 2 aromatic rings. The third-order valence-electron chi connectivity index (χ3n) is 7.40. The van der Waals surface area contributed by atoms with E-state index in [0.717, 1.165) is 33.3 Å². The Morgan fingerprint density at radius 1 is 0.745 bits per heavy atom. The Morgan fingerprint density at radius 3 is 1.92 bits per heavy atom. The van der Waals surface area contributed by atoms with E-state index in [-0.39, 0.29) is 19.8 Å². The number of hydrogen-bond acceptors (Lipinski definition) is 14. The monoisotopic (exact) mass is 715 g/mol. The summed E-state index contributed by atoms with van der Waals surface area (Å²) in [6.07, 6.45) is -5.31. The number of benzene rings is 2. The molecule has 1 aliphatic heterocycles. The summed E-state index contributed by atoms with van der Waals surface area (Å²) in [6.45, 7) is 4.12. The minimum absolute atomic E-state index is 0.0706. The Hall–Kier alpha value is -5.02. The highest BCUT2D eigenvalue weighted by atomic mass is 16.8. The van der Waals surface area contributed by atoms with Gasteiger partial charge >= 0.3 is 35.9 Å². The molecule has 15 nitrogen and oxygen atoms in total. The van der Waals surface area contributed by atoms with E-state index < -0.39 is 79.2 Å². The first-order valence-electron chi connectivity index (χ1n) is 16.5. The second kappa shape index (κ2) is 20.6. The van der Waals surface area contributed by atoms with Crippen molar-refractivity contribution >= 4 is 35.9 Å². The van der Waals surface area contributed by atoms with Crippen LogP contribution in [0.2, 0.25) is 0 Å². The van der Waals surface area contributed by atoms with Crippen molar-refractivity contribution in [2.24, 2.45) is 0 Å². The fourth-order valence-corrected chi connectivity index (χ4v) is 5.20. The zero-order valence-corrected chi connectivity index (χ0v) is 29.2. The number of nitrogens with one attached hydrogen (secondary N) is 1. The van der Waals surface area contributed by atoms with Gasteiger partial charge in [0.1, 0.15) is 32.0 Å². The minimum Gasteiger partial charge on any atom is -0.462 e. The largest absolute Gasteiger partial charge is 0.462 e. The molecular weight excluding hydrogens is 670 g/mol. The van der Waals surface area contributed by atoms with Crippen LogP contribution in [0.1, 0.15) is 64.5 Å². The summed E-state index contributed by atoms with van der Waals surface area (Å²) in [6, 6.07) is 18.1. The van der Waals surface area contributed by atoms with Crippen molar-refractivity contribution in [2.75, 3.05) is 19.8 Å². The van der Waals surface area contributed by atoms with Gasteiger partial charge in [0, 0.05) is 34.2 Å². The Kier molecular flexibility index (Phi) is 16.3. The fourth-order valence-electron chi connectivity index (χ4n) is 5.20. The second-order valence-electron chi connectivity index (χ2n) is 11.7. The van der Waals surface area contributed by atoms with E-state index in [1.165, 1.54) is 0 Å². The summed E-state index contributed by atoms with van der Waals surface area (Å²) in [5, 5.41) is 2.68. The normalized spacial score (nSPS) is 20.2. The maximum absolute atomic E-state index is 13.9. The van der Waals surface area contributed by atoms with Crippen molar-refractivity contribution in [3.63, 3.8) is 0 Å². The molecule has 1 saturated heterocycles. The van der Waals surface area contributed by atoms with Crippen LogP contribution in [0.25, 0.3) is 0 Å². The van der Waals surface area contributed by atoms with Crippen molar-refractivity contribution in [1.82, 2.24) is 5.32 Å². The molecule has 0 radical (unpaired) electrons. The lowest BCUT2D eigenvalue weighted by atomic mass is 9.91. The molecule has 0 bridgehead atoms. The summed E-state index contributed by atoms with van der Waals surface area (Å²) in [4.78, 5) is 74.4. The quantitative estimate of drug-likeness (QED) is 0.134. The van der Waals surface area contributed by atoms with Crippen molar-refractivity contribution in [1.29, 1.82) is 0 Å². The third kappa shape index (κ3) is 14.0. The van der Waals surface area contributed by atoms with Crippen LogP contribution >= 0.6 is 0 Å². The molecule has 1 unspecified atom stereocenters. The number of carbonyl (C=O) groups excluding carboxylic acids is 6. The molecule has 0 aromatic heterocycles. The van der Waals surface area contributed by atoms with Crippen molar-refractivity contribution in [3.8, 4) is 0 Å². The van der Waals surface area contributed by atoms with Crippen LogP contribution < -0.4 is 5.32 Å². The van der Waals surface area contributed by atoms with Crippen molar-refractivity contribution in [2.45, 2.75) is 96.8 Å². The molecule has 278 valence electrons. The highest BCUT2D eigenvalue weighted by Crippen LogP contribution is 2.38. The van der Waals surface area contributed by atoms with Gasteiger partial charge in [-0.2, -0.15) is 0 Å². The Bertz CT molecular complexity index is 1450. The van der Waals surface area contributed by atoms with Crippen LogP contribution in [0.4, 0.5) is 4.79 Å². The van der Waals surface area contributed by atoms with Gasteiger partial charge in [0.15, 0.2) is 12.2 Å². The predicted octanol–water partition coefficient (Wildman–Crippen LogP) is 3.69. The Balaban J connectivity index is 1.79. The van der Waals surface area contributed by atoms with Crippen LogP contribution in [-0.2, 0) is 75.1 Å². The van der Waals surface area contributed by atoms with Crippen LogP contribution in [0.5, 0.6) is 0 Å². The molecule has 2 aromatic carbocycles. The zero-order chi connectivity index (χ0) is 37.2. The van der Waals surface area contributed by atoms with E-state index in [2.05, 4.69) is 5.32 Å². The number of hydrogen-bond donors (Lipinski definition) is 1. The van der Waals surface area contributed by atoms with Crippen molar-refractivity contribution < 1.29 is 66.7 Å².